The first-order valence-corrected chi connectivity index (χ1v) is 54.8. The van der Waals surface area contributed by atoms with Crippen LogP contribution in [0, 0.1) is 38.5 Å². The summed E-state index contributed by atoms with van der Waals surface area (Å²) in [5.41, 5.74) is 15.0. The van der Waals surface area contributed by atoms with Gasteiger partial charge in [-0.25, -0.2) is 19.9 Å². The Balaban J connectivity index is 0.000000120. The standard InChI is InChI=1S/C33H44N4O3.C32H42N4O3.C31H40N4O3.C24H27N3O3/c1-22(2)37-15-10-24(11-16-37)18-25-19-27-32(34-25)26-20-30(38-4)31(39-17-7-14-36-12-5-6-13-36)21-28(26)35-33(27)29-9-8-23(3)40-29;1-4-24-8-9-28(39-24)32-26-19-23(18-22-10-15-35(2)16-11-22)33-31(26)25-20-29(37-3)30(21-27(25)34-32)38-17-7-14-36-12-5-6-13-36;1-21-7-8-27(38-21)31-25-18-23(17-22-9-14-34(2)15-10-22)32-30(25)24-19-28(36-3)29(20-26(24)33-31)37-16-6-13-35-11-4-5-12-35;1-16-6-7-20(30-16)24-17-8-9-25-23(17)18-14-21(28-2)22(15-19(18)26-24)29-13-5-12-27-10-3-4-11-27/h8-9,19-22,24,34H,5-7,10-18H2,1-4H3;8-9,19-22,33H,4-7,10-18H2,1-3H3;7-8,18-20,22,32H,4-6,9-17H2,1-3H3;6-9,14-15,25H,3-5,10-13H2,1-2H3. The molecule has 7 fully saturated rings. The van der Waals surface area contributed by atoms with Gasteiger partial charge >= 0.3 is 0 Å². The Morgan fingerprint density at radius 3 is 0.905 bits per heavy atom. The van der Waals surface area contributed by atoms with Gasteiger partial charge in [0.1, 0.15) is 45.8 Å². The highest BCUT2D eigenvalue weighted by molar-refractivity contribution is 6.13. The number of aromatic amines is 4. The predicted molar refractivity (Wildman–Crippen MR) is 589 cm³/mol. The fraction of sp³-hybridized carbons (Fsp3) is 0.500. The number of likely N-dealkylation sites (tertiary alicyclic amines) is 7. The molecule has 0 saturated carbocycles. The lowest BCUT2D eigenvalue weighted by Crippen LogP contribution is -2.38. The maximum Gasteiger partial charge on any atom is 0.163 e. The smallest absolute Gasteiger partial charge is 0.163 e. The van der Waals surface area contributed by atoms with Crippen LogP contribution in [-0.4, -0.2) is 267 Å². The van der Waals surface area contributed by atoms with E-state index in [1.165, 1.54) is 199 Å². The van der Waals surface area contributed by atoms with Crippen molar-refractivity contribution in [3.63, 3.8) is 0 Å². The molecular weight excluding hydrogens is 1840 g/mol. The van der Waals surface area contributed by atoms with Crippen molar-refractivity contribution < 1.29 is 55.6 Å². The second-order valence-electron chi connectivity index (χ2n) is 42.5. The fourth-order valence-electron chi connectivity index (χ4n) is 23.2. The summed E-state index contributed by atoms with van der Waals surface area (Å²) in [6.07, 6.45) is 27.9. The highest BCUT2D eigenvalue weighted by atomic mass is 16.5. The maximum atomic E-state index is 6.26. The number of benzene rings is 4. The van der Waals surface area contributed by atoms with Gasteiger partial charge in [0, 0.05) is 129 Å². The molecule has 0 aliphatic carbocycles. The number of rotatable bonds is 36. The van der Waals surface area contributed by atoms with Gasteiger partial charge in [-0.05, 0) is 390 Å². The van der Waals surface area contributed by atoms with Gasteiger partial charge < -0.3 is 110 Å². The minimum atomic E-state index is 0.625. The Morgan fingerprint density at radius 2 is 0.619 bits per heavy atom. The van der Waals surface area contributed by atoms with E-state index < -0.39 is 0 Å². The van der Waals surface area contributed by atoms with Gasteiger partial charge in [-0.2, -0.15) is 0 Å². The second kappa shape index (κ2) is 47.6. The molecule has 19 heterocycles. The van der Waals surface area contributed by atoms with Crippen LogP contribution in [0.1, 0.15) is 176 Å². The normalized spacial score (nSPS) is 17.0. The number of ether oxygens (including phenoxy) is 8. The minimum absolute atomic E-state index is 0.625. The number of hydrogen-bond donors (Lipinski definition) is 4. The Labute approximate surface area is 864 Å². The zero-order chi connectivity index (χ0) is 101. The highest BCUT2D eigenvalue weighted by Crippen LogP contribution is 2.47. The van der Waals surface area contributed by atoms with Crippen LogP contribution in [0.2, 0.25) is 0 Å². The summed E-state index contributed by atoms with van der Waals surface area (Å²) < 4.78 is 72.1. The summed E-state index contributed by atoms with van der Waals surface area (Å²) in [4.78, 5) is 52.6. The van der Waals surface area contributed by atoms with Gasteiger partial charge in [0.05, 0.1) is 99.0 Å². The lowest BCUT2D eigenvalue weighted by Gasteiger charge is -2.34. The largest absolute Gasteiger partial charge is 0.493 e. The van der Waals surface area contributed by atoms with Crippen LogP contribution < -0.4 is 37.9 Å². The molecule has 0 amide bonds. The Kier molecular flexibility index (Phi) is 33.1. The zero-order valence-electron chi connectivity index (χ0n) is 88.9. The Morgan fingerprint density at radius 1 is 0.327 bits per heavy atom. The van der Waals surface area contributed by atoms with Crippen LogP contribution in [0.5, 0.6) is 46.0 Å². The zero-order valence-corrected chi connectivity index (χ0v) is 88.9. The van der Waals surface area contributed by atoms with Crippen LogP contribution in [0.15, 0.2) is 145 Å². The number of H-pyrrole nitrogens is 4. The molecule has 16 aromatic rings. The molecule has 0 radical (unpaired) electrons. The number of hydrogen-bond acceptors (Lipinski definition) is 23. The number of nitrogens with one attached hydrogen (secondary N) is 4. The molecule has 23 rings (SSSR count). The molecule has 7 saturated heterocycles. The average molecular weight is 2000 g/mol. The maximum absolute atomic E-state index is 6.26. The summed E-state index contributed by atoms with van der Waals surface area (Å²) in [7, 11) is 11.3. The van der Waals surface area contributed by atoms with Crippen LogP contribution in [0.3, 0.4) is 0 Å². The summed E-state index contributed by atoms with van der Waals surface area (Å²) in [6.45, 7) is 36.3. The number of aryl methyl sites for hydroxylation is 4. The number of nitrogens with zero attached hydrogens (tertiary/aromatic N) is 11. The van der Waals surface area contributed by atoms with Crippen LogP contribution in [-0.2, 0) is 25.7 Å². The number of aromatic nitrogens is 8. The van der Waals surface area contributed by atoms with Crippen molar-refractivity contribution in [1.82, 2.24) is 74.2 Å². The van der Waals surface area contributed by atoms with Gasteiger partial charge in [0.25, 0.3) is 0 Å². The summed E-state index contributed by atoms with van der Waals surface area (Å²) >= 11 is 0. The minimum Gasteiger partial charge on any atom is -0.493 e. The highest BCUT2D eigenvalue weighted by Gasteiger charge is 2.31. The number of piperidine rings is 3. The third-order valence-electron chi connectivity index (χ3n) is 31.6. The Hall–Kier alpha value is -12.1. The van der Waals surface area contributed by atoms with Crippen molar-refractivity contribution in [3.05, 3.63) is 168 Å². The number of pyridine rings is 4. The number of fused-ring (bicyclic) bond motifs is 12. The molecule has 12 aromatic heterocycles. The first-order valence-electron chi connectivity index (χ1n) is 54.8. The van der Waals surface area contributed by atoms with Gasteiger partial charge in [0.2, 0.25) is 0 Å². The van der Waals surface area contributed by atoms with E-state index in [2.05, 4.69) is 138 Å². The van der Waals surface area contributed by atoms with Crippen molar-refractivity contribution >= 4 is 87.2 Å². The van der Waals surface area contributed by atoms with Crippen LogP contribution in [0.4, 0.5) is 0 Å². The van der Waals surface area contributed by atoms with Crippen LogP contribution >= 0.6 is 0 Å². The molecule has 27 heteroatoms. The molecular formula is C120H153N15O12. The molecule has 7 aliphatic rings. The van der Waals surface area contributed by atoms with Crippen LogP contribution in [0.25, 0.3) is 133 Å². The molecule has 27 nitrogen and oxygen atoms in total. The third-order valence-corrected chi connectivity index (χ3v) is 31.6. The van der Waals surface area contributed by atoms with E-state index in [0.717, 1.165) is 280 Å². The van der Waals surface area contributed by atoms with E-state index in [9.17, 15) is 0 Å². The van der Waals surface area contributed by atoms with E-state index in [0.29, 0.717) is 50.2 Å². The summed E-state index contributed by atoms with van der Waals surface area (Å²) in [6, 6.07) is 41.9. The van der Waals surface area contributed by atoms with Gasteiger partial charge in [-0.1, -0.05) is 6.92 Å². The second-order valence-corrected chi connectivity index (χ2v) is 42.5. The molecule has 780 valence electrons. The fourth-order valence-corrected chi connectivity index (χ4v) is 23.2. The van der Waals surface area contributed by atoms with Crippen molar-refractivity contribution in [1.29, 1.82) is 0 Å². The summed E-state index contributed by atoms with van der Waals surface area (Å²) in [5.74, 6) is 14.8. The lowest BCUT2D eigenvalue weighted by atomic mass is 9.91. The van der Waals surface area contributed by atoms with Gasteiger partial charge in [-0.15, -0.1) is 0 Å². The van der Waals surface area contributed by atoms with Gasteiger partial charge in [0.15, 0.2) is 69.0 Å². The summed E-state index contributed by atoms with van der Waals surface area (Å²) in [5, 5.41) is 8.46. The molecule has 7 aliphatic heterocycles. The average Bonchev–Trinajstić information content (AvgIpc) is 1.62. The molecule has 4 N–H and O–H groups in total. The Bertz CT molecular complexity index is 7090. The quantitative estimate of drug-likeness (QED) is 0.0266. The van der Waals surface area contributed by atoms with Crippen molar-refractivity contribution in [2.24, 2.45) is 17.8 Å². The monoisotopic (exact) mass is 2000 g/mol. The first kappa shape index (κ1) is 102. The molecule has 147 heavy (non-hydrogen) atoms. The van der Waals surface area contributed by atoms with E-state index in [4.69, 9.17) is 75.5 Å². The van der Waals surface area contributed by atoms with E-state index in [1.807, 2.05) is 99.8 Å². The lowest BCUT2D eigenvalue weighted by molar-refractivity contribution is 0.149. The van der Waals surface area contributed by atoms with Crippen molar-refractivity contribution in [2.45, 2.75) is 189 Å². The molecule has 0 spiro atoms. The molecule has 4 aromatic carbocycles. The number of methoxy groups -OCH3 is 4. The predicted octanol–water partition coefficient (Wildman–Crippen LogP) is 24.3. The van der Waals surface area contributed by atoms with Gasteiger partial charge in [-0.3, -0.25) is 0 Å². The third kappa shape index (κ3) is 24.3. The molecule has 0 unspecified atom stereocenters. The van der Waals surface area contributed by atoms with Crippen molar-refractivity contribution in [2.75, 3.05) is 187 Å². The topological polar surface area (TPSA) is 264 Å². The first-order chi connectivity index (χ1) is 71.9. The van der Waals surface area contributed by atoms with Crippen molar-refractivity contribution in [3.8, 4) is 91.8 Å². The molecule has 0 bridgehead atoms. The van der Waals surface area contributed by atoms with E-state index >= 15 is 0 Å². The van der Waals surface area contributed by atoms with E-state index in [1.54, 1.807) is 28.4 Å². The van der Waals surface area contributed by atoms with E-state index in [-0.39, 0.29) is 0 Å². The number of furan rings is 4. The SMILES string of the molecule is CCc1ccc(-c2nc3cc(OCCCN4CCCC4)c(OC)cc3c3[nH]c(CC4CCN(C)CC4)cc23)o1.COc1cc2c(cc1OCCCN1CCCC1)nc(-c1ccc(C)o1)c1cc(CC3CCN(C(C)C)CC3)[nH]c12.COc1cc2c(cc1OCCCN1CCCC1)nc(-c1ccc(C)o1)c1cc(CC3CCN(C)CC3)[nH]c12.COc1cc2c(cc1OCCCN1CCCC1)nc(-c1ccc(C)o1)c1cc[nH]c12. The molecule has 0 atom stereocenters.